The van der Waals surface area contributed by atoms with E-state index < -0.39 is 5.97 Å². The molecule has 0 radical (unpaired) electrons. The summed E-state index contributed by atoms with van der Waals surface area (Å²) in [4.78, 5) is 10.7. The van der Waals surface area contributed by atoms with Gasteiger partial charge in [-0.3, -0.25) is 0 Å². The number of nitrogens with one attached hydrogen (secondary N) is 1. The number of aryl methyl sites for hydroxylation is 1. The van der Waals surface area contributed by atoms with E-state index >= 15 is 0 Å². The maximum absolute atomic E-state index is 10.7. The number of rotatable bonds is 7. The fraction of sp³-hybridized carbons (Fsp3) is 0.545. The van der Waals surface area contributed by atoms with Gasteiger partial charge in [0.25, 0.3) is 0 Å². The van der Waals surface area contributed by atoms with Crippen LogP contribution < -0.4 is 5.32 Å². The van der Waals surface area contributed by atoms with E-state index in [0.717, 1.165) is 12.4 Å². The van der Waals surface area contributed by atoms with E-state index in [9.17, 15) is 4.79 Å². The first-order valence-corrected chi connectivity index (χ1v) is 5.68. The molecule has 0 aliphatic heterocycles. The molecule has 1 aromatic rings. The van der Waals surface area contributed by atoms with Gasteiger partial charge in [-0.25, -0.2) is 4.79 Å². The summed E-state index contributed by atoms with van der Waals surface area (Å²) in [6.45, 7) is 5.78. The van der Waals surface area contributed by atoms with Gasteiger partial charge in [0, 0.05) is 18.7 Å². The molecule has 0 aliphatic carbocycles. The molecule has 0 bridgehead atoms. The maximum Gasteiger partial charge on any atom is 0.331 e. The molecule has 1 rings (SSSR count). The summed E-state index contributed by atoms with van der Waals surface area (Å²) >= 11 is 0. The third kappa shape index (κ3) is 3.99. The molecule has 0 saturated heterocycles. The highest BCUT2D eigenvalue weighted by molar-refractivity contribution is 5.86. The maximum atomic E-state index is 10.7. The number of carbonyl (C=O) groups is 1. The Bertz CT molecular complexity index is 398. The molecule has 6 heteroatoms. The van der Waals surface area contributed by atoms with Crippen molar-refractivity contribution in [2.24, 2.45) is 0 Å². The zero-order valence-electron chi connectivity index (χ0n) is 10.2. The van der Waals surface area contributed by atoms with Crippen LogP contribution >= 0.6 is 0 Å². The molecule has 0 atom stereocenters. The highest BCUT2D eigenvalue weighted by atomic mass is 16.4. The van der Waals surface area contributed by atoms with Crippen LogP contribution in [0.2, 0.25) is 0 Å². The second kappa shape index (κ2) is 6.80. The second-order valence-corrected chi connectivity index (χ2v) is 3.55. The summed E-state index contributed by atoms with van der Waals surface area (Å²) < 4.78 is 1.94. The molecule has 0 aromatic carbocycles. The minimum absolute atomic E-state index is 0.425. The SMILES string of the molecule is CCC(=CCNCc1nncn1CC)C(=O)O. The van der Waals surface area contributed by atoms with Gasteiger partial charge in [-0.05, 0) is 13.3 Å². The Hall–Kier alpha value is -1.69. The first kappa shape index (κ1) is 13.4. The quantitative estimate of drug-likeness (QED) is 0.542. The van der Waals surface area contributed by atoms with E-state index in [1.165, 1.54) is 0 Å². The molecule has 0 spiro atoms. The molecular weight excluding hydrogens is 220 g/mol. The van der Waals surface area contributed by atoms with Gasteiger partial charge < -0.3 is 15.0 Å². The summed E-state index contributed by atoms with van der Waals surface area (Å²) in [6.07, 6.45) is 3.90. The van der Waals surface area contributed by atoms with Crippen LogP contribution in [0.3, 0.4) is 0 Å². The number of nitrogens with zero attached hydrogens (tertiary/aromatic N) is 3. The Morgan fingerprint density at radius 3 is 2.94 bits per heavy atom. The standard InChI is InChI=1S/C11H18N4O2/c1-3-9(11(16)17)5-6-12-7-10-14-13-8-15(10)4-2/h5,8,12H,3-4,6-7H2,1-2H3,(H,16,17). The Kier molecular flexibility index (Phi) is 5.35. The van der Waals surface area contributed by atoms with Gasteiger partial charge in [0.2, 0.25) is 0 Å². The van der Waals surface area contributed by atoms with Gasteiger partial charge in [-0.1, -0.05) is 13.0 Å². The third-order valence-corrected chi connectivity index (χ3v) is 2.47. The highest BCUT2D eigenvalue weighted by Gasteiger charge is 2.04. The zero-order chi connectivity index (χ0) is 12.7. The first-order chi connectivity index (χ1) is 8.19. The highest BCUT2D eigenvalue weighted by Crippen LogP contribution is 1.99. The van der Waals surface area contributed by atoms with Crippen LogP contribution in [-0.2, 0) is 17.9 Å². The van der Waals surface area contributed by atoms with Gasteiger partial charge >= 0.3 is 5.97 Å². The zero-order valence-corrected chi connectivity index (χ0v) is 10.2. The lowest BCUT2D eigenvalue weighted by Gasteiger charge is -2.04. The number of hydrogen-bond donors (Lipinski definition) is 2. The van der Waals surface area contributed by atoms with Crippen molar-refractivity contribution < 1.29 is 9.90 Å². The van der Waals surface area contributed by atoms with Crippen LogP contribution in [0.4, 0.5) is 0 Å². The van der Waals surface area contributed by atoms with Crippen molar-refractivity contribution in [3.8, 4) is 0 Å². The molecule has 94 valence electrons. The summed E-state index contributed by atoms with van der Waals surface area (Å²) in [6, 6.07) is 0. The van der Waals surface area contributed by atoms with Crippen molar-refractivity contribution in [3.63, 3.8) is 0 Å². The molecule has 0 aliphatic rings. The summed E-state index contributed by atoms with van der Waals surface area (Å²) in [7, 11) is 0. The summed E-state index contributed by atoms with van der Waals surface area (Å²) in [5.41, 5.74) is 0.425. The van der Waals surface area contributed by atoms with Gasteiger partial charge in [-0.15, -0.1) is 10.2 Å². The predicted octanol–water partition coefficient (Wildman–Crippen LogP) is 0.809. The average molecular weight is 238 g/mol. The molecule has 1 aromatic heterocycles. The van der Waals surface area contributed by atoms with Crippen LogP contribution in [0, 0.1) is 0 Å². The second-order valence-electron chi connectivity index (χ2n) is 3.55. The molecule has 0 fully saturated rings. The topological polar surface area (TPSA) is 80.0 Å². The van der Waals surface area contributed by atoms with Gasteiger partial charge in [-0.2, -0.15) is 0 Å². The molecule has 2 N–H and O–H groups in total. The summed E-state index contributed by atoms with van der Waals surface area (Å²) in [5.74, 6) is 0.000276. The largest absolute Gasteiger partial charge is 0.478 e. The van der Waals surface area contributed by atoms with Crippen molar-refractivity contribution in [2.45, 2.75) is 33.4 Å². The molecule has 6 nitrogen and oxygen atoms in total. The minimum atomic E-state index is -0.856. The summed E-state index contributed by atoms with van der Waals surface area (Å²) in [5, 5.41) is 19.7. The van der Waals surface area contributed by atoms with Crippen LogP contribution in [0.5, 0.6) is 0 Å². The van der Waals surface area contributed by atoms with Gasteiger partial charge in [0.1, 0.15) is 12.2 Å². The van der Waals surface area contributed by atoms with E-state index in [-0.39, 0.29) is 0 Å². The van der Waals surface area contributed by atoms with Crippen LogP contribution in [0.15, 0.2) is 18.0 Å². The minimum Gasteiger partial charge on any atom is -0.478 e. The Balaban J connectivity index is 2.40. The smallest absolute Gasteiger partial charge is 0.331 e. The molecule has 17 heavy (non-hydrogen) atoms. The number of aromatic nitrogens is 3. The molecular formula is C11H18N4O2. The van der Waals surface area contributed by atoms with Crippen LogP contribution in [0.25, 0.3) is 0 Å². The lowest BCUT2D eigenvalue weighted by molar-refractivity contribution is -0.132. The third-order valence-electron chi connectivity index (χ3n) is 2.47. The van der Waals surface area contributed by atoms with Crippen molar-refractivity contribution in [2.75, 3.05) is 6.54 Å². The molecule has 1 heterocycles. The number of hydrogen-bond acceptors (Lipinski definition) is 4. The van der Waals surface area contributed by atoms with E-state index in [1.54, 1.807) is 12.4 Å². The van der Waals surface area contributed by atoms with Crippen LogP contribution in [-0.4, -0.2) is 32.4 Å². The molecule has 0 saturated carbocycles. The lowest BCUT2D eigenvalue weighted by atomic mass is 10.2. The first-order valence-electron chi connectivity index (χ1n) is 5.68. The number of carboxylic acid groups (broad SMARTS) is 1. The number of aliphatic carboxylic acids is 1. The van der Waals surface area contributed by atoms with Crippen molar-refractivity contribution in [1.29, 1.82) is 0 Å². The molecule has 0 amide bonds. The lowest BCUT2D eigenvalue weighted by Crippen LogP contribution is -2.17. The van der Waals surface area contributed by atoms with Crippen LogP contribution in [0.1, 0.15) is 26.1 Å². The van der Waals surface area contributed by atoms with Crippen molar-refractivity contribution >= 4 is 5.97 Å². The fourth-order valence-electron chi connectivity index (χ4n) is 1.44. The van der Waals surface area contributed by atoms with E-state index in [1.807, 2.05) is 18.4 Å². The van der Waals surface area contributed by atoms with E-state index in [4.69, 9.17) is 5.11 Å². The van der Waals surface area contributed by atoms with E-state index in [0.29, 0.717) is 25.1 Å². The average Bonchev–Trinajstić information content (AvgIpc) is 2.76. The van der Waals surface area contributed by atoms with Gasteiger partial charge in [0.05, 0.1) is 6.54 Å². The van der Waals surface area contributed by atoms with Crippen molar-refractivity contribution in [3.05, 3.63) is 23.8 Å². The monoisotopic (exact) mass is 238 g/mol. The predicted molar refractivity (Wildman–Crippen MR) is 63.4 cm³/mol. The van der Waals surface area contributed by atoms with E-state index in [2.05, 4.69) is 15.5 Å². The number of carboxylic acids is 1. The Morgan fingerprint density at radius 1 is 1.59 bits per heavy atom. The fourth-order valence-corrected chi connectivity index (χ4v) is 1.44. The Labute approximate surface area is 100 Å². The van der Waals surface area contributed by atoms with Crippen molar-refractivity contribution in [1.82, 2.24) is 20.1 Å². The Morgan fingerprint density at radius 2 is 2.35 bits per heavy atom. The van der Waals surface area contributed by atoms with Gasteiger partial charge in [0.15, 0.2) is 0 Å². The molecule has 0 unspecified atom stereocenters. The normalized spacial score (nSPS) is 11.8.